The van der Waals surface area contributed by atoms with Crippen LogP contribution in [0.25, 0.3) is 0 Å². The van der Waals surface area contributed by atoms with E-state index in [-0.39, 0.29) is 6.04 Å². The third-order valence-corrected chi connectivity index (χ3v) is 2.44. The zero-order valence-corrected chi connectivity index (χ0v) is 10.7. The van der Waals surface area contributed by atoms with Crippen LogP contribution in [-0.2, 0) is 4.79 Å². The number of hydrogen-bond acceptors (Lipinski definition) is 2. The molecular weight excluding hydrogens is 247 g/mol. The molecule has 0 radical (unpaired) electrons. The fourth-order valence-corrected chi connectivity index (χ4v) is 1.71. The van der Waals surface area contributed by atoms with Crippen LogP contribution >= 0.6 is 0 Å². The summed E-state index contributed by atoms with van der Waals surface area (Å²) in [6.45, 7) is 7.17. The van der Waals surface area contributed by atoms with Gasteiger partial charge in [-0.25, -0.2) is 0 Å². The predicted octanol–water partition coefficient (Wildman–Crippen LogP) is 2.97. The lowest BCUT2D eigenvalue weighted by atomic mass is 10.3. The Hall–Kier alpha value is -1.53. The summed E-state index contributed by atoms with van der Waals surface area (Å²) in [5.41, 5.74) is 1.52. The van der Waals surface area contributed by atoms with E-state index in [1.54, 1.807) is 18.5 Å². The molecule has 0 spiro atoms. The van der Waals surface area contributed by atoms with Crippen LogP contribution in [-0.4, -0.2) is 21.9 Å². The van der Waals surface area contributed by atoms with Crippen LogP contribution in [0.3, 0.4) is 0 Å². The van der Waals surface area contributed by atoms with Crippen LogP contribution < -0.4 is 5.32 Å². The number of alkyl halides is 3. The highest BCUT2D eigenvalue weighted by atomic mass is 19.4. The highest BCUT2D eigenvalue weighted by Crippen LogP contribution is 2.25. The van der Waals surface area contributed by atoms with Gasteiger partial charge in [0.2, 0.25) is 5.91 Å². The van der Waals surface area contributed by atoms with E-state index in [1.807, 2.05) is 13.8 Å². The molecule has 0 saturated heterocycles. The molecule has 1 heterocycles. The standard InChI is InChI=1S/C11H16F3N3O/c1-6(2)17-8(4)10(7(3)16-17)15-9(18)5-11(12,13)14/h6H,5H2,1-4H3,(H,15,18). The average molecular weight is 263 g/mol. The summed E-state index contributed by atoms with van der Waals surface area (Å²) < 4.78 is 37.9. The van der Waals surface area contributed by atoms with Crippen molar-refractivity contribution in [3.05, 3.63) is 11.4 Å². The summed E-state index contributed by atoms with van der Waals surface area (Å²) in [6, 6.07) is 0.0805. The Balaban J connectivity index is 2.89. The molecule has 0 bridgehead atoms. The number of aromatic nitrogens is 2. The molecule has 102 valence electrons. The Labute approximate surface area is 103 Å². The van der Waals surface area contributed by atoms with Gasteiger partial charge in [-0.15, -0.1) is 0 Å². The summed E-state index contributed by atoms with van der Waals surface area (Å²) in [4.78, 5) is 11.2. The van der Waals surface area contributed by atoms with Crippen LogP contribution in [0, 0.1) is 13.8 Å². The van der Waals surface area contributed by atoms with Crippen LogP contribution in [0.2, 0.25) is 0 Å². The Kier molecular flexibility index (Phi) is 4.03. The van der Waals surface area contributed by atoms with Crippen molar-refractivity contribution in [3.63, 3.8) is 0 Å². The molecule has 0 fully saturated rings. The Bertz CT molecular complexity index is 449. The predicted molar refractivity (Wildman–Crippen MR) is 61.4 cm³/mol. The van der Waals surface area contributed by atoms with Crippen LogP contribution in [0.5, 0.6) is 0 Å². The third kappa shape index (κ3) is 3.48. The topological polar surface area (TPSA) is 46.9 Å². The molecule has 4 nitrogen and oxygen atoms in total. The molecule has 1 rings (SSSR count). The van der Waals surface area contributed by atoms with Gasteiger partial charge in [0.15, 0.2) is 0 Å². The second-order valence-corrected chi connectivity index (χ2v) is 4.42. The van der Waals surface area contributed by atoms with Gasteiger partial charge in [-0.05, 0) is 27.7 Å². The first-order valence-electron chi connectivity index (χ1n) is 5.54. The number of carbonyl (C=O) groups excluding carboxylic acids is 1. The van der Waals surface area contributed by atoms with Gasteiger partial charge in [-0.1, -0.05) is 0 Å². The monoisotopic (exact) mass is 263 g/mol. The lowest BCUT2D eigenvalue weighted by Crippen LogP contribution is -2.21. The number of hydrogen-bond donors (Lipinski definition) is 1. The van der Waals surface area contributed by atoms with Gasteiger partial charge in [0.05, 0.1) is 17.1 Å². The van der Waals surface area contributed by atoms with E-state index >= 15 is 0 Å². The van der Waals surface area contributed by atoms with Gasteiger partial charge in [-0.3, -0.25) is 9.48 Å². The first kappa shape index (κ1) is 14.5. The summed E-state index contributed by atoms with van der Waals surface area (Å²) in [6.07, 6.45) is -5.99. The molecule has 0 aliphatic heterocycles. The van der Waals surface area contributed by atoms with Crippen molar-refractivity contribution >= 4 is 11.6 Å². The van der Waals surface area contributed by atoms with Gasteiger partial charge >= 0.3 is 6.18 Å². The quantitative estimate of drug-likeness (QED) is 0.911. The van der Waals surface area contributed by atoms with Gasteiger partial charge in [0, 0.05) is 6.04 Å². The maximum absolute atomic E-state index is 12.1. The molecular formula is C11H16F3N3O. The molecule has 1 aromatic rings. The normalized spacial score (nSPS) is 12.0. The average Bonchev–Trinajstić information content (AvgIpc) is 2.42. The first-order chi connectivity index (χ1) is 8.11. The lowest BCUT2D eigenvalue weighted by molar-refractivity contribution is -0.150. The smallest absolute Gasteiger partial charge is 0.323 e. The molecule has 18 heavy (non-hydrogen) atoms. The van der Waals surface area contributed by atoms with Crippen LogP contribution in [0.15, 0.2) is 0 Å². The molecule has 0 unspecified atom stereocenters. The SMILES string of the molecule is Cc1nn(C(C)C)c(C)c1NC(=O)CC(F)(F)F. The summed E-state index contributed by atoms with van der Waals surface area (Å²) in [7, 11) is 0. The number of nitrogens with one attached hydrogen (secondary N) is 1. The van der Waals surface area contributed by atoms with Crippen molar-refractivity contribution in [3.8, 4) is 0 Å². The highest BCUT2D eigenvalue weighted by molar-refractivity contribution is 5.92. The number of halogens is 3. The third-order valence-electron chi connectivity index (χ3n) is 2.44. The number of rotatable bonds is 3. The number of amides is 1. The number of aryl methyl sites for hydroxylation is 1. The van der Waals surface area contributed by atoms with Crippen molar-refractivity contribution in [2.45, 2.75) is 46.3 Å². The van der Waals surface area contributed by atoms with Crippen molar-refractivity contribution < 1.29 is 18.0 Å². The second-order valence-electron chi connectivity index (χ2n) is 4.42. The van der Waals surface area contributed by atoms with E-state index in [0.29, 0.717) is 17.1 Å². The van der Waals surface area contributed by atoms with Crippen molar-refractivity contribution in [2.24, 2.45) is 0 Å². The molecule has 0 aliphatic rings. The van der Waals surface area contributed by atoms with Crippen molar-refractivity contribution in [1.82, 2.24) is 9.78 Å². The van der Waals surface area contributed by atoms with Crippen molar-refractivity contribution in [1.29, 1.82) is 0 Å². The number of carbonyl (C=O) groups is 1. The number of anilines is 1. The largest absolute Gasteiger partial charge is 0.397 e. The zero-order chi connectivity index (χ0) is 14.1. The maximum atomic E-state index is 12.1. The van der Waals surface area contributed by atoms with Crippen LogP contribution in [0.4, 0.5) is 18.9 Å². The molecule has 7 heteroatoms. The van der Waals surface area contributed by atoms with E-state index in [0.717, 1.165) is 0 Å². The van der Waals surface area contributed by atoms with Gasteiger partial charge in [0.25, 0.3) is 0 Å². The molecule has 1 N–H and O–H groups in total. The fraction of sp³-hybridized carbons (Fsp3) is 0.636. The van der Waals surface area contributed by atoms with Crippen molar-refractivity contribution in [2.75, 3.05) is 5.32 Å². The molecule has 1 amide bonds. The highest BCUT2D eigenvalue weighted by Gasteiger charge is 2.31. The van der Waals surface area contributed by atoms with Crippen LogP contribution in [0.1, 0.15) is 37.7 Å². The molecule has 0 saturated carbocycles. The van der Waals surface area contributed by atoms with E-state index < -0.39 is 18.5 Å². The minimum Gasteiger partial charge on any atom is -0.323 e. The van der Waals surface area contributed by atoms with Gasteiger partial charge < -0.3 is 5.32 Å². The first-order valence-corrected chi connectivity index (χ1v) is 5.54. The minimum atomic E-state index is -4.50. The Morgan fingerprint density at radius 1 is 1.39 bits per heavy atom. The van der Waals surface area contributed by atoms with Gasteiger partial charge in [0.1, 0.15) is 6.42 Å². The van der Waals surface area contributed by atoms with E-state index in [9.17, 15) is 18.0 Å². The van der Waals surface area contributed by atoms with E-state index in [2.05, 4.69) is 10.4 Å². The molecule has 0 aliphatic carbocycles. The van der Waals surface area contributed by atoms with E-state index in [4.69, 9.17) is 0 Å². The molecule has 0 atom stereocenters. The maximum Gasteiger partial charge on any atom is 0.397 e. The Morgan fingerprint density at radius 3 is 2.33 bits per heavy atom. The summed E-state index contributed by atoms with van der Waals surface area (Å²) >= 11 is 0. The van der Waals surface area contributed by atoms with Gasteiger partial charge in [-0.2, -0.15) is 18.3 Å². The summed E-state index contributed by atoms with van der Waals surface area (Å²) in [5, 5.41) is 6.45. The fourth-order valence-electron chi connectivity index (χ4n) is 1.71. The Morgan fingerprint density at radius 2 is 1.94 bits per heavy atom. The lowest BCUT2D eigenvalue weighted by Gasteiger charge is -2.10. The minimum absolute atomic E-state index is 0.0805. The molecule has 1 aromatic heterocycles. The van der Waals surface area contributed by atoms with E-state index in [1.165, 1.54) is 0 Å². The zero-order valence-electron chi connectivity index (χ0n) is 10.7. The molecule has 0 aromatic carbocycles. The summed E-state index contributed by atoms with van der Waals surface area (Å²) in [5.74, 6) is -1.07. The second kappa shape index (κ2) is 4.99. The number of nitrogens with zero attached hydrogens (tertiary/aromatic N) is 2.